The molecule has 1 N–H and O–H groups in total. The van der Waals surface area contributed by atoms with Gasteiger partial charge in [-0.05, 0) is 25.7 Å². The third-order valence-electron chi connectivity index (χ3n) is 3.28. The number of esters is 1. The Labute approximate surface area is 97.6 Å². The Morgan fingerprint density at radius 2 is 2.25 bits per heavy atom. The van der Waals surface area contributed by atoms with Crippen LogP contribution in [0.15, 0.2) is 0 Å². The zero-order valence-corrected chi connectivity index (χ0v) is 10.5. The predicted octanol–water partition coefficient (Wildman–Crippen LogP) is 1.03. The molecule has 4 heteroatoms. The van der Waals surface area contributed by atoms with E-state index in [-0.39, 0.29) is 24.0 Å². The van der Waals surface area contributed by atoms with Crippen LogP contribution in [-0.4, -0.2) is 47.8 Å². The quantitative estimate of drug-likeness (QED) is 0.732. The molecule has 0 radical (unpaired) electrons. The molecule has 0 amide bonds. The maximum absolute atomic E-state index is 11.7. The average Bonchev–Trinajstić information content (AvgIpc) is 2.25. The highest BCUT2D eigenvalue weighted by Crippen LogP contribution is 2.20. The van der Waals surface area contributed by atoms with Crippen LogP contribution >= 0.6 is 0 Å². The minimum absolute atomic E-state index is 0.131. The predicted molar refractivity (Wildman–Crippen MR) is 62.1 cm³/mol. The minimum Gasteiger partial charge on any atom is -0.465 e. The van der Waals surface area contributed by atoms with Crippen LogP contribution < -0.4 is 0 Å². The number of aliphatic hydroxyl groups is 1. The fraction of sp³-hybridized carbons (Fsp3) is 0.917. The minimum atomic E-state index is -0.226. The number of carbonyl (C=O) groups excluding carboxylic acids is 1. The van der Waals surface area contributed by atoms with Crippen molar-refractivity contribution in [2.45, 2.75) is 45.8 Å². The zero-order chi connectivity index (χ0) is 12.1. The molecule has 3 unspecified atom stereocenters. The summed E-state index contributed by atoms with van der Waals surface area (Å²) in [5.74, 6) is 0.103. The number of likely N-dealkylation sites (tertiary alicyclic amines) is 1. The van der Waals surface area contributed by atoms with Crippen molar-refractivity contribution >= 4 is 5.97 Å². The van der Waals surface area contributed by atoms with Gasteiger partial charge in [-0.1, -0.05) is 13.8 Å². The van der Waals surface area contributed by atoms with Gasteiger partial charge in [-0.3, -0.25) is 9.69 Å². The summed E-state index contributed by atoms with van der Waals surface area (Å²) in [5, 5.41) is 9.65. The second kappa shape index (κ2) is 6.21. The summed E-state index contributed by atoms with van der Waals surface area (Å²) >= 11 is 0. The number of aliphatic hydroxyl groups excluding tert-OH is 1. The Morgan fingerprint density at radius 1 is 1.56 bits per heavy atom. The molecule has 3 atom stereocenters. The summed E-state index contributed by atoms with van der Waals surface area (Å²) in [6.45, 7) is 7.84. The Bertz CT molecular complexity index is 232. The summed E-state index contributed by atoms with van der Waals surface area (Å²) < 4.78 is 5.07. The fourth-order valence-electron chi connectivity index (χ4n) is 2.26. The number of rotatable bonds is 4. The van der Waals surface area contributed by atoms with E-state index in [0.717, 1.165) is 25.9 Å². The molecular formula is C12H23NO3. The number of nitrogens with zero attached hydrogens (tertiary/aromatic N) is 1. The van der Waals surface area contributed by atoms with Gasteiger partial charge in [0.1, 0.15) is 6.04 Å². The molecule has 0 saturated carbocycles. The molecule has 0 aromatic carbocycles. The van der Waals surface area contributed by atoms with E-state index < -0.39 is 0 Å². The van der Waals surface area contributed by atoms with E-state index in [0.29, 0.717) is 6.61 Å². The maximum atomic E-state index is 11.7. The normalized spacial score (nSPS) is 28.8. The largest absolute Gasteiger partial charge is 0.465 e. The van der Waals surface area contributed by atoms with Crippen LogP contribution in [0.5, 0.6) is 0 Å². The SMILES string of the molecule is CCOC(=O)C(CC)N1CCC(O)C(C)C1. The summed E-state index contributed by atoms with van der Waals surface area (Å²) in [6.07, 6.45) is 1.29. The summed E-state index contributed by atoms with van der Waals surface area (Å²) in [5.41, 5.74) is 0. The average molecular weight is 229 g/mol. The van der Waals surface area contributed by atoms with Gasteiger partial charge in [-0.15, -0.1) is 0 Å². The molecule has 1 rings (SSSR count). The molecule has 0 bridgehead atoms. The topological polar surface area (TPSA) is 49.8 Å². The Kier molecular flexibility index (Phi) is 5.22. The third kappa shape index (κ3) is 3.19. The Balaban J connectivity index is 2.56. The number of ether oxygens (including phenoxy) is 1. The van der Waals surface area contributed by atoms with Crippen LogP contribution in [0.2, 0.25) is 0 Å². The van der Waals surface area contributed by atoms with E-state index in [1.165, 1.54) is 0 Å². The lowest BCUT2D eigenvalue weighted by Gasteiger charge is -2.37. The van der Waals surface area contributed by atoms with E-state index in [4.69, 9.17) is 4.74 Å². The molecular weight excluding hydrogens is 206 g/mol. The summed E-state index contributed by atoms with van der Waals surface area (Å²) in [4.78, 5) is 13.9. The van der Waals surface area contributed by atoms with Gasteiger partial charge < -0.3 is 9.84 Å². The van der Waals surface area contributed by atoms with Gasteiger partial charge in [0.25, 0.3) is 0 Å². The van der Waals surface area contributed by atoms with Gasteiger partial charge in [-0.2, -0.15) is 0 Å². The van der Waals surface area contributed by atoms with Crippen LogP contribution in [0, 0.1) is 5.92 Å². The van der Waals surface area contributed by atoms with Gasteiger partial charge in [0.2, 0.25) is 0 Å². The summed E-state index contributed by atoms with van der Waals surface area (Å²) in [7, 11) is 0. The van der Waals surface area contributed by atoms with Gasteiger partial charge in [0.05, 0.1) is 12.7 Å². The van der Waals surface area contributed by atoms with Crippen molar-refractivity contribution in [1.29, 1.82) is 0 Å². The van der Waals surface area contributed by atoms with Crippen molar-refractivity contribution in [1.82, 2.24) is 4.90 Å². The maximum Gasteiger partial charge on any atom is 0.323 e. The smallest absolute Gasteiger partial charge is 0.323 e. The number of hydrogen-bond acceptors (Lipinski definition) is 4. The standard InChI is InChI=1S/C12H23NO3/c1-4-10(12(15)16-5-2)13-7-6-11(14)9(3)8-13/h9-11,14H,4-8H2,1-3H3. The first-order chi connectivity index (χ1) is 7.60. The van der Waals surface area contributed by atoms with E-state index >= 15 is 0 Å². The number of hydrogen-bond donors (Lipinski definition) is 1. The van der Waals surface area contributed by atoms with Crippen LogP contribution in [0.25, 0.3) is 0 Å². The number of piperidine rings is 1. The molecule has 0 spiro atoms. The lowest BCUT2D eigenvalue weighted by molar-refractivity contribution is -0.151. The van der Waals surface area contributed by atoms with E-state index in [2.05, 4.69) is 4.90 Å². The second-order valence-corrected chi connectivity index (χ2v) is 4.50. The molecule has 94 valence electrons. The van der Waals surface area contributed by atoms with Gasteiger partial charge >= 0.3 is 5.97 Å². The first-order valence-corrected chi connectivity index (χ1v) is 6.18. The Hall–Kier alpha value is -0.610. The van der Waals surface area contributed by atoms with E-state index in [9.17, 15) is 9.90 Å². The first-order valence-electron chi connectivity index (χ1n) is 6.18. The lowest BCUT2D eigenvalue weighted by atomic mass is 9.95. The molecule has 1 saturated heterocycles. The molecule has 0 aromatic rings. The monoisotopic (exact) mass is 229 g/mol. The van der Waals surface area contributed by atoms with Crippen molar-refractivity contribution < 1.29 is 14.6 Å². The fourth-order valence-corrected chi connectivity index (χ4v) is 2.26. The van der Waals surface area contributed by atoms with Gasteiger partial charge in [0, 0.05) is 13.1 Å². The highest BCUT2D eigenvalue weighted by Gasteiger charge is 2.32. The highest BCUT2D eigenvalue weighted by atomic mass is 16.5. The molecule has 1 aliphatic rings. The zero-order valence-electron chi connectivity index (χ0n) is 10.5. The van der Waals surface area contributed by atoms with Crippen molar-refractivity contribution in [3.05, 3.63) is 0 Å². The molecule has 1 heterocycles. The van der Waals surface area contributed by atoms with Crippen LogP contribution in [0.3, 0.4) is 0 Å². The van der Waals surface area contributed by atoms with Crippen LogP contribution in [0.4, 0.5) is 0 Å². The van der Waals surface area contributed by atoms with Crippen LogP contribution in [0.1, 0.15) is 33.6 Å². The van der Waals surface area contributed by atoms with Gasteiger partial charge in [-0.25, -0.2) is 0 Å². The molecule has 1 fully saturated rings. The molecule has 0 aromatic heterocycles. The molecule has 16 heavy (non-hydrogen) atoms. The van der Waals surface area contributed by atoms with Gasteiger partial charge in [0.15, 0.2) is 0 Å². The van der Waals surface area contributed by atoms with Crippen molar-refractivity contribution in [3.63, 3.8) is 0 Å². The number of carbonyl (C=O) groups is 1. The van der Waals surface area contributed by atoms with Crippen molar-refractivity contribution in [2.75, 3.05) is 19.7 Å². The van der Waals surface area contributed by atoms with Crippen molar-refractivity contribution in [2.24, 2.45) is 5.92 Å². The molecule has 0 aliphatic carbocycles. The highest BCUT2D eigenvalue weighted by molar-refractivity contribution is 5.75. The van der Waals surface area contributed by atoms with E-state index in [1.807, 2.05) is 20.8 Å². The van der Waals surface area contributed by atoms with Crippen LogP contribution in [-0.2, 0) is 9.53 Å². The first kappa shape index (κ1) is 13.5. The van der Waals surface area contributed by atoms with E-state index in [1.54, 1.807) is 0 Å². The third-order valence-corrected chi connectivity index (χ3v) is 3.28. The van der Waals surface area contributed by atoms with Crippen molar-refractivity contribution in [3.8, 4) is 0 Å². The molecule has 4 nitrogen and oxygen atoms in total. The molecule has 1 aliphatic heterocycles. The Morgan fingerprint density at radius 3 is 2.75 bits per heavy atom. The lowest BCUT2D eigenvalue weighted by Crippen LogP contribution is -2.50. The second-order valence-electron chi connectivity index (χ2n) is 4.50. The summed E-state index contributed by atoms with van der Waals surface area (Å²) in [6, 6.07) is -0.144.